The minimum atomic E-state index is 0. The second-order valence-corrected chi connectivity index (χ2v) is 9.93. The molecule has 0 amide bonds. The highest BCUT2D eigenvalue weighted by molar-refractivity contribution is 7.59. The summed E-state index contributed by atoms with van der Waals surface area (Å²) in [4.78, 5) is 0. The molecule has 0 nitrogen and oxygen atoms in total. The van der Waals surface area contributed by atoms with E-state index in [2.05, 4.69) is 27.0 Å². The van der Waals surface area contributed by atoms with Crippen molar-refractivity contribution in [3.05, 3.63) is 25.3 Å². The van der Waals surface area contributed by atoms with Gasteiger partial charge in [-0.1, -0.05) is 167 Å². The predicted octanol–water partition coefficient (Wildman–Crippen LogP) is 12.6. The second kappa shape index (κ2) is 39.1. The van der Waals surface area contributed by atoms with Gasteiger partial charge >= 0.3 is 0 Å². The van der Waals surface area contributed by atoms with Gasteiger partial charge in [0, 0.05) is 0 Å². The smallest absolute Gasteiger partial charge is 0.0353 e. The van der Waals surface area contributed by atoms with Crippen molar-refractivity contribution >= 4 is 13.5 Å². The van der Waals surface area contributed by atoms with Crippen LogP contribution in [0, 0.1) is 0 Å². The molecule has 33 heavy (non-hydrogen) atoms. The van der Waals surface area contributed by atoms with E-state index in [1.165, 1.54) is 167 Å². The molecule has 0 heterocycles. The van der Waals surface area contributed by atoms with E-state index < -0.39 is 0 Å². The first-order chi connectivity index (χ1) is 15.8. The molecule has 0 saturated carbocycles. The quantitative estimate of drug-likeness (QED) is 0.0849. The Morgan fingerprint density at radius 2 is 0.515 bits per heavy atom. The van der Waals surface area contributed by atoms with Crippen molar-refractivity contribution in [1.29, 1.82) is 0 Å². The fraction of sp³-hybridized carbons (Fsp3) is 0.875. The molecule has 0 aromatic carbocycles. The van der Waals surface area contributed by atoms with E-state index in [0.717, 1.165) is 0 Å². The van der Waals surface area contributed by atoms with Gasteiger partial charge in [0.1, 0.15) is 0 Å². The summed E-state index contributed by atoms with van der Waals surface area (Å²) >= 11 is 0. The molecule has 0 unspecified atom stereocenters. The fourth-order valence-corrected chi connectivity index (χ4v) is 4.26. The van der Waals surface area contributed by atoms with Gasteiger partial charge in [-0.3, -0.25) is 0 Å². The van der Waals surface area contributed by atoms with Gasteiger partial charge in [-0.15, -0.1) is 13.2 Å². The van der Waals surface area contributed by atoms with E-state index in [1.54, 1.807) is 0 Å². The maximum atomic E-state index is 3.75. The van der Waals surface area contributed by atoms with Crippen LogP contribution in [0.3, 0.4) is 0 Å². The molecule has 0 saturated heterocycles. The summed E-state index contributed by atoms with van der Waals surface area (Å²) in [5, 5.41) is 0. The summed E-state index contributed by atoms with van der Waals surface area (Å²) in [7, 11) is 0. The van der Waals surface area contributed by atoms with Crippen LogP contribution in [0.25, 0.3) is 0 Å². The lowest BCUT2D eigenvalue weighted by atomic mass is 10.0. The van der Waals surface area contributed by atoms with Crippen LogP contribution in [0.15, 0.2) is 25.3 Å². The third-order valence-electron chi connectivity index (χ3n) is 6.52. The summed E-state index contributed by atoms with van der Waals surface area (Å²) in [6.07, 6.45) is 40.9. The SMILES string of the molecule is C=CCCCCCCCCCCCCCC.C=CCCCCCCCCCCCCCC.S. The van der Waals surface area contributed by atoms with E-state index >= 15 is 0 Å². The molecule has 0 fully saturated rings. The van der Waals surface area contributed by atoms with E-state index in [1.807, 2.05) is 12.2 Å². The summed E-state index contributed by atoms with van der Waals surface area (Å²) < 4.78 is 0. The molecule has 0 radical (unpaired) electrons. The summed E-state index contributed by atoms with van der Waals surface area (Å²) in [5.41, 5.74) is 0. The van der Waals surface area contributed by atoms with Crippen molar-refractivity contribution in [3.8, 4) is 0 Å². The first-order valence-electron chi connectivity index (χ1n) is 15.0. The zero-order valence-electron chi connectivity index (χ0n) is 23.5. The lowest BCUT2D eigenvalue weighted by molar-refractivity contribution is 0.545. The van der Waals surface area contributed by atoms with Gasteiger partial charge in [0.05, 0.1) is 0 Å². The van der Waals surface area contributed by atoms with Crippen LogP contribution in [0.4, 0.5) is 0 Å². The number of hydrogen-bond acceptors (Lipinski definition) is 0. The molecular formula is C32H66S. The predicted molar refractivity (Wildman–Crippen MR) is 162 cm³/mol. The summed E-state index contributed by atoms with van der Waals surface area (Å²) in [5.74, 6) is 0. The highest BCUT2D eigenvalue weighted by Crippen LogP contribution is 2.13. The second-order valence-electron chi connectivity index (χ2n) is 9.93. The highest BCUT2D eigenvalue weighted by atomic mass is 32.1. The van der Waals surface area contributed by atoms with Crippen molar-refractivity contribution in [2.75, 3.05) is 0 Å². The van der Waals surface area contributed by atoms with Gasteiger partial charge in [0.25, 0.3) is 0 Å². The first-order valence-corrected chi connectivity index (χ1v) is 15.0. The first kappa shape index (κ1) is 37.4. The maximum Gasteiger partial charge on any atom is -0.0353 e. The molecule has 0 spiro atoms. The zero-order valence-corrected chi connectivity index (χ0v) is 24.5. The molecule has 0 aromatic rings. The molecule has 0 N–H and O–H groups in total. The van der Waals surface area contributed by atoms with Crippen LogP contribution in [0.5, 0.6) is 0 Å². The normalized spacial score (nSPS) is 10.2. The topological polar surface area (TPSA) is 0 Å². The van der Waals surface area contributed by atoms with Crippen molar-refractivity contribution in [3.63, 3.8) is 0 Å². The molecule has 0 aliphatic rings. The Morgan fingerprint density at radius 3 is 0.697 bits per heavy atom. The van der Waals surface area contributed by atoms with Gasteiger partial charge in [0.15, 0.2) is 0 Å². The van der Waals surface area contributed by atoms with Crippen molar-refractivity contribution in [2.45, 2.75) is 181 Å². The van der Waals surface area contributed by atoms with Crippen molar-refractivity contribution in [2.24, 2.45) is 0 Å². The van der Waals surface area contributed by atoms with Crippen LogP contribution in [-0.2, 0) is 0 Å². The Balaban J connectivity index is -0.000000529. The number of unbranched alkanes of at least 4 members (excludes halogenated alkanes) is 24. The van der Waals surface area contributed by atoms with Gasteiger partial charge in [-0.05, 0) is 25.7 Å². The fourth-order valence-electron chi connectivity index (χ4n) is 4.26. The van der Waals surface area contributed by atoms with E-state index in [0.29, 0.717) is 0 Å². The maximum absolute atomic E-state index is 3.75. The number of allylic oxidation sites excluding steroid dienone is 2. The van der Waals surface area contributed by atoms with Crippen molar-refractivity contribution < 1.29 is 0 Å². The Labute approximate surface area is 219 Å². The largest absolute Gasteiger partial charge is 0.197 e. The molecule has 0 rings (SSSR count). The monoisotopic (exact) mass is 482 g/mol. The molecular weight excluding hydrogens is 416 g/mol. The Hall–Kier alpha value is -0.170. The van der Waals surface area contributed by atoms with E-state index in [4.69, 9.17) is 0 Å². The average Bonchev–Trinajstić information content (AvgIpc) is 2.81. The molecule has 1 heteroatoms. The molecule has 0 aromatic heterocycles. The Kier molecular flexibility index (Phi) is 44.2. The van der Waals surface area contributed by atoms with Crippen LogP contribution < -0.4 is 0 Å². The van der Waals surface area contributed by atoms with Crippen molar-refractivity contribution in [1.82, 2.24) is 0 Å². The van der Waals surface area contributed by atoms with Gasteiger partial charge in [-0.2, -0.15) is 13.5 Å². The summed E-state index contributed by atoms with van der Waals surface area (Å²) in [6, 6.07) is 0. The van der Waals surface area contributed by atoms with Gasteiger partial charge in [0.2, 0.25) is 0 Å². The van der Waals surface area contributed by atoms with E-state index in [-0.39, 0.29) is 13.5 Å². The zero-order chi connectivity index (χ0) is 23.8. The molecule has 0 atom stereocenters. The Bertz CT molecular complexity index is 290. The third-order valence-corrected chi connectivity index (χ3v) is 6.52. The molecule has 200 valence electrons. The van der Waals surface area contributed by atoms with Crippen LogP contribution >= 0.6 is 13.5 Å². The number of hydrogen-bond donors (Lipinski definition) is 0. The average molecular weight is 483 g/mol. The minimum Gasteiger partial charge on any atom is -0.197 e. The van der Waals surface area contributed by atoms with Gasteiger partial charge in [-0.25, -0.2) is 0 Å². The molecule has 0 bridgehead atoms. The number of rotatable bonds is 26. The standard InChI is InChI=1S/2C16H32.H2S/c2*1-3-5-7-9-11-13-15-16-14-12-10-8-6-4-2;/h2*3H,1,4-16H2,2H3;1H2. The summed E-state index contributed by atoms with van der Waals surface area (Å²) in [6.45, 7) is 12.1. The van der Waals surface area contributed by atoms with E-state index in [9.17, 15) is 0 Å². The highest BCUT2D eigenvalue weighted by Gasteiger charge is 1.93. The van der Waals surface area contributed by atoms with Crippen LogP contribution in [0.1, 0.15) is 181 Å². The molecule has 0 aliphatic carbocycles. The van der Waals surface area contributed by atoms with Crippen LogP contribution in [0.2, 0.25) is 0 Å². The molecule has 0 aliphatic heterocycles. The lowest BCUT2D eigenvalue weighted by Gasteiger charge is -2.02. The Morgan fingerprint density at radius 1 is 0.333 bits per heavy atom. The minimum absolute atomic E-state index is 0. The third kappa shape index (κ3) is 42.5. The lowest BCUT2D eigenvalue weighted by Crippen LogP contribution is -1.82. The van der Waals surface area contributed by atoms with Crippen LogP contribution in [-0.4, -0.2) is 0 Å². The van der Waals surface area contributed by atoms with Gasteiger partial charge < -0.3 is 0 Å².